The van der Waals surface area contributed by atoms with E-state index in [0.717, 1.165) is 30.5 Å². The van der Waals surface area contributed by atoms with Crippen molar-refractivity contribution in [2.24, 2.45) is 4.99 Å². The van der Waals surface area contributed by atoms with Gasteiger partial charge in [0.1, 0.15) is 6.54 Å². The summed E-state index contributed by atoms with van der Waals surface area (Å²) >= 11 is 0. The molecule has 0 spiro atoms. The zero-order valence-electron chi connectivity index (χ0n) is 19.7. The zero-order chi connectivity index (χ0) is 21.4. The topological polar surface area (TPSA) is 41.5 Å². The maximum Gasteiger partial charge on any atom is 0.221 e. The van der Waals surface area contributed by atoms with Crippen LogP contribution < -0.4 is 5.32 Å². The smallest absolute Gasteiger partial charge is 0.221 e. The lowest BCUT2D eigenvalue weighted by atomic mass is 10.0. The molecule has 0 aromatic heterocycles. The van der Waals surface area contributed by atoms with Crippen LogP contribution in [0.4, 0.5) is 0 Å². The van der Waals surface area contributed by atoms with Crippen LogP contribution in [0.15, 0.2) is 17.6 Å². The van der Waals surface area contributed by atoms with Crippen LogP contribution in [-0.4, -0.2) is 42.0 Å². The molecule has 1 aliphatic heterocycles. The summed E-state index contributed by atoms with van der Waals surface area (Å²) in [6.07, 6.45) is 20.8. The minimum absolute atomic E-state index is 0.0578. The highest BCUT2D eigenvalue weighted by atomic mass is 16.1. The average Bonchev–Trinajstić information content (AvgIpc) is 3.12. The molecular weight excluding hydrogens is 358 g/mol. The van der Waals surface area contributed by atoms with Crippen LogP contribution in [0.1, 0.15) is 111 Å². The molecular formula is C25H48N3O+. The number of amides is 1. The number of aliphatic imine (C=N–C) groups is 1. The summed E-state index contributed by atoms with van der Waals surface area (Å²) in [5.74, 6) is 1.37. The summed E-state index contributed by atoms with van der Waals surface area (Å²) in [6.45, 7) is 12.7. The molecule has 1 aliphatic rings. The van der Waals surface area contributed by atoms with Crippen molar-refractivity contribution in [2.75, 3.05) is 19.6 Å². The van der Waals surface area contributed by atoms with Crippen LogP contribution in [0.2, 0.25) is 0 Å². The van der Waals surface area contributed by atoms with Crippen molar-refractivity contribution >= 4 is 11.7 Å². The van der Waals surface area contributed by atoms with Crippen molar-refractivity contribution in [1.82, 2.24) is 5.32 Å². The second-order valence-corrected chi connectivity index (χ2v) is 8.82. The van der Waals surface area contributed by atoms with Gasteiger partial charge in [0, 0.05) is 20.3 Å². The molecule has 0 radical (unpaired) electrons. The fraction of sp³-hybridized carbons (Fsp3) is 0.840. The second-order valence-electron chi connectivity index (χ2n) is 8.82. The summed E-state index contributed by atoms with van der Waals surface area (Å²) in [7, 11) is 0. The third-order valence-electron chi connectivity index (χ3n) is 6.58. The fourth-order valence-corrected chi connectivity index (χ4v) is 4.72. The molecule has 2 unspecified atom stereocenters. The number of carbonyl (C=O) groups excluding carboxylic acids is 1. The first-order valence-corrected chi connectivity index (χ1v) is 12.4. The number of hydrogen-bond donors (Lipinski definition) is 1. The lowest BCUT2D eigenvalue weighted by Gasteiger charge is -2.39. The summed E-state index contributed by atoms with van der Waals surface area (Å²) in [5, 5.41) is 3.11. The van der Waals surface area contributed by atoms with Gasteiger partial charge >= 0.3 is 0 Å². The van der Waals surface area contributed by atoms with Crippen molar-refractivity contribution in [3.8, 4) is 0 Å². The quantitative estimate of drug-likeness (QED) is 0.160. The molecule has 0 aliphatic carbocycles. The molecule has 1 N–H and O–H groups in total. The van der Waals surface area contributed by atoms with Crippen molar-refractivity contribution in [2.45, 2.75) is 117 Å². The number of nitrogens with zero attached hydrogens (tertiary/aromatic N) is 2. The molecule has 0 saturated carbocycles. The Hall–Kier alpha value is -1.16. The van der Waals surface area contributed by atoms with Gasteiger partial charge in [0.25, 0.3) is 0 Å². The summed E-state index contributed by atoms with van der Waals surface area (Å²) < 4.78 is 0.854. The van der Waals surface area contributed by atoms with Gasteiger partial charge in [0.15, 0.2) is 12.0 Å². The van der Waals surface area contributed by atoms with Gasteiger partial charge in [-0.3, -0.25) is 9.28 Å². The molecule has 29 heavy (non-hydrogen) atoms. The van der Waals surface area contributed by atoms with Gasteiger partial charge in [0.05, 0.1) is 13.1 Å². The van der Waals surface area contributed by atoms with Crippen molar-refractivity contribution in [1.29, 1.82) is 0 Å². The van der Waals surface area contributed by atoms with Crippen molar-refractivity contribution in [3.05, 3.63) is 12.7 Å². The Balaban J connectivity index is 2.06. The number of amidine groups is 1. The van der Waals surface area contributed by atoms with Crippen LogP contribution in [0.5, 0.6) is 0 Å². The highest BCUT2D eigenvalue weighted by Gasteiger charge is 2.41. The maximum atomic E-state index is 11.5. The molecule has 0 aromatic carbocycles. The first-order chi connectivity index (χ1) is 14.1. The lowest BCUT2D eigenvalue weighted by molar-refractivity contribution is -0.861. The highest BCUT2D eigenvalue weighted by molar-refractivity contribution is 5.78. The molecule has 4 heteroatoms. The number of rotatable bonds is 18. The third kappa shape index (κ3) is 9.93. The first-order valence-electron chi connectivity index (χ1n) is 12.4. The van der Waals surface area contributed by atoms with E-state index < -0.39 is 0 Å². The van der Waals surface area contributed by atoms with Crippen molar-refractivity contribution in [3.63, 3.8) is 0 Å². The minimum Gasteiger partial charge on any atom is -0.307 e. The van der Waals surface area contributed by atoms with E-state index in [4.69, 9.17) is 4.99 Å². The predicted molar refractivity (Wildman–Crippen MR) is 126 cm³/mol. The number of likely N-dealkylation sites (N-methyl/N-ethyl adjacent to an activating group) is 1. The van der Waals surface area contributed by atoms with E-state index in [-0.39, 0.29) is 12.1 Å². The van der Waals surface area contributed by atoms with Crippen LogP contribution in [0.3, 0.4) is 0 Å². The Morgan fingerprint density at radius 3 is 2.03 bits per heavy atom. The Morgan fingerprint density at radius 2 is 1.55 bits per heavy atom. The van der Waals surface area contributed by atoms with Crippen LogP contribution in [0.25, 0.3) is 0 Å². The number of carbonyl (C=O) groups is 1. The van der Waals surface area contributed by atoms with E-state index in [9.17, 15) is 4.79 Å². The lowest BCUT2D eigenvalue weighted by Crippen LogP contribution is -2.62. The van der Waals surface area contributed by atoms with E-state index in [2.05, 4.69) is 25.7 Å². The van der Waals surface area contributed by atoms with Crippen molar-refractivity contribution < 1.29 is 9.28 Å². The summed E-state index contributed by atoms with van der Waals surface area (Å²) in [5.41, 5.74) is 0. The second kappa shape index (κ2) is 15.6. The van der Waals surface area contributed by atoms with E-state index in [1.807, 2.05) is 6.08 Å². The predicted octanol–water partition coefficient (Wildman–Crippen LogP) is 6.36. The molecule has 2 atom stereocenters. The van der Waals surface area contributed by atoms with E-state index >= 15 is 0 Å². The Bertz CT molecular complexity index is 488. The molecule has 0 fully saturated rings. The Labute approximate surface area is 180 Å². The molecule has 1 rings (SSSR count). The SMILES string of the molecule is C=CCCCCCCCCCCCCCCC1=NCC[N+]1(CC)C(C)NC(C)=O. The zero-order valence-corrected chi connectivity index (χ0v) is 19.7. The minimum atomic E-state index is 0.0578. The van der Waals surface area contributed by atoms with E-state index in [1.54, 1.807) is 6.92 Å². The molecule has 0 bridgehead atoms. The Morgan fingerprint density at radius 1 is 1.03 bits per heavy atom. The van der Waals surface area contributed by atoms with Crippen LogP contribution in [-0.2, 0) is 4.79 Å². The summed E-state index contributed by atoms with van der Waals surface area (Å²) in [4.78, 5) is 16.3. The fourth-order valence-electron chi connectivity index (χ4n) is 4.72. The monoisotopic (exact) mass is 406 g/mol. The van der Waals surface area contributed by atoms with Gasteiger partial charge in [-0.1, -0.05) is 70.3 Å². The highest BCUT2D eigenvalue weighted by Crippen LogP contribution is 2.23. The van der Waals surface area contributed by atoms with Gasteiger partial charge in [0.2, 0.25) is 5.91 Å². The van der Waals surface area contributed by atoms with Gasteiger partial charge in [-0.15, -0.1) is 6.58 Å². The molecule has 1 amide bonds. The Kier molecular flexibility index (Phi) is 14.0. The average molecular weight is 407 g/mol. The molecule has 0 aromatic rings. The largest absolute Gasteiger partial charge is 0.307 e. The van der Waals surface area contributed by atoms with E-state index in [1.165, 1.54) is 89.3 Å². The number of nitrogens with one attached hydrogen (secondary N) is 1. The first kappa shape index (κ1) is 25.9. The molecule has 4 nitrogen and oxygen atoms in total. The number of quaternary nitrogens is 1. The maximum absolute atomic E-state index is 11.5. The van der Waals surface area contributed by atoms with Gasteiger partial charge in [-0.05, 0) is 26.2 Å². The normalized spacial score (nSPS) is 19.8. The van der Waals surface area contributed by atoms with Gasteiger partial charge in [-0.2, -0.15) is 0 Å². The molecule has 1 heterocycles. The molecule has 0 saturated heterocycles. The van der Waals surface area contributed by atoms with E-state index in [0.29, 0.717) is 0 Å². The number of unbranched alkanes of at least 4 members (excludes halogenated alkanes) is 12. The standard InChI is InChI=1S/C25H47N3O/c1-5-7-8-9-10-11-12-13-14-15-16-17-18-19-20-25-26-21-22-28(25,6-2)23(3)27-24(4)29/h5,23H,1,6-22H2,2-4H3/p+1. The van der Waals surface area contributed by atoms with Gasteiger partial charge < -0.3 is 5.32 Å². The number of hydrogen-bond acceptors (Lipinski definition) is 2. The van der Waals surface area contributed by atoms with Gasteiger partial charge in [-0.25, -0.2) is 4.99 Å². The van der Waals surface area contributed by atoms with Crippen LogP contribution in [0, 0.1) is 0 Å². The molecule has 168 valence electrons. The number of allylic oxidation sites excluding steroid dienone is 1. The van der Waals surface area contributed by atoms with Crippen LogP contribution >= 0.6 is 0 Å². The third-order valence-corrected chi connectivity index (χ3v) is 6.58. The summed E-state index contributed by atoms with van der Waals surface area (Å²) in [6, 6.07) is 0.